The minimum Gasteiger partial charge on any atom is -0.341 e. The Bertz CT molecular complexity index is 1150. The Labute approximate surface area is 203 Å². The summed E-state index contributed by atoms with van der Waals surface area (Å²) in [7, 11) is 1.51. The fraction of sp³-hybridized carbons (Fsp3) is 0.423. The molecule has 8 nitrogen and oxygen atoms in total. The number of carbonyl (C=O) groups excluding carboxylic acids is 4. The Morgan fingerprint density at radius 2 is 1.77 bits per heavy atom. The van der Waals surface area contributed by atoms with E-state index in [2.05, 4.69) is 10.3 Å². The van der Waals surface area contributed by atoms with Gasteiger partial charge in [-0.05, 0) is 30.4 Å². The van der Waals surface area contributed by atoms with Gasteiger partial charge in [-0.3, -0.25) is 29.1 Å². The van der Waals surface area contributed by atoms with Gasteiger partial charge in [0.2, 0.25) is 17.7 Å². The first-order valence-corrected chi connectivity index (χ1v) is 11.7. The molecule has 2 aliphatic heterocycles. The molecular formula is C26H29FN4O4. The second-order valence-electron chi connectivity index (χ2n) is 9.58. The number of likely N-dealkylation sites (N-methyl/N-ethyl adjacent to an activating group) is 1. The maximum atomic E-state index is 14.0. The molecule has 9 heteroatoms. The van der Waals surface area contributed by atoms with Crippen LogP contribution in [0.3, 0.4) is 0 Å². The molecule has 1 spiro atoms. The summed E-state index contributed by atoms with van der Waals surface area (Å²) in [6.45, 7) is 4.16. The van der Waals surface area contributed by atoms with Crippen LogP contribution >= 0.6 is 0 Å². The lowest BCUT2D eigenvalue weighted by molar-refractivity contribution is -0.144. The summed E-state index contributed by atoms with van der Waals surface area (Å²) in [5.41, 5.74) is -0.290. The van der Waals surface area contributed by atoms with Gasteiger partial charge in [0.05, 0.1) is 23.1 Å². The van der Waals surface area contributed by atoms with E-state index in [0.717, 1.165) is 11.8 Å². The molecule has 184 valence electrons. The number of hydrogen-bond donors (Lipinski definition) is 1. The van der Waals surface area contributed by atoms with Crippen LogP contribution in [0.15, 0.2) is 48.8 Å². The topological polar surface area (TPSA) is 99.7 Å². The van der Waals surface area contributed by atoms with E-state index in [-0.39, 0.29) is 42.3 Å². The molecule has 2 fully saturated rings. The van der Waals surface area contributed by atoms with Gasteiger partial charge in [0.25, 0.3) is 5.91 Å². The molecule has 1 unspecified atom stereocenters. The molecule has 2 aliphatic rings. The van der Waals surface area contributed by atoms with Gasteiger partial charge in [0.1, 0.15) is 6.04 Å². The lowest BCUT2D eigenvalue weighted by Crippen LogP contribution is -2.55. The van der Waals surface area contributed by atoms with Gasteiger partial charge < -0.3 is 10.2 Å². The SMILES string of the molecule is CC(C)[C@@H](NC(=O)c1ccncc1F)C(=O)N1CCC2(CC1)C(=O)N(C)C(=O)C2c1ccccc1. The molecule has 1 aromatic carbocycles. The summed E-state index contributed by atoms with van der Waals surface area (Å²) in [6, 6.07) is 9.67. The van der Waals surface area contributed by atoms with E-state index in [1.54, 1.807) is 18.7 Å². The van der Waals surface area contributed by atoms with E-state index in [1.807, 2.05) is 30.3 Å². The third kappa shape index (κ3) is 4.31. The monoisotopic (exact) mass is 480 g/mol. The highest BCUT2D eigenvalue weighted by Gasteiger charge is 2.59. The first-order chi connectivity index (χ1) is 16.7. The summed E-state index contributed by atoms with van der Waals surface area (Å²) >= 11 is 0. The number of halogens is 1. The first kappa shape index (κ1) is 24.5. The Balaban J connectivity index is 1.52. The van der Waals surface area contributed by atoms with Crippen molar-refractivity contribution < 1.29 is 23.6 Å². The van der Waals surface area contributed by atoms with E-state index in [9.17, 15) is 23.6 Å². The number of piperidine rings is 1. The smallest absolute Gasteiger partial charge is 0.255 e. The molecule has 3 heterocycles. The summed E-state index contributed by atoms with van der Waals surface area (Å²) in [6.07, 6.45) is 2.94. The van der Waals surface area contributed by atoms with Gasteiger partial charge >= 0.3 is 0 Å². The Hall–Kier alpha value is -3.62. The predicted octanol–water partition coefficient (Wildman–Crippen LogP) is 2.37. The maximum absolute atomic E-state index is 14.0. The minimum atomic E-state index is -0.902. The van der Waals surface area contributed by atoms with Crippen LogP contribution in [0.2, 0.25) is 0 Å². The van der Waals surface area contributed by atoms with Crippen LogP contribution < -0.4 is 5.32 Å². The number of benzene rings is 1. The van der Waals surface area contributed by atoms with Crippen LogP contribution in [0.5, 0.6) is 0 Å². The second kappa shape index (κ2) is 9.56. The highest BCUT2D eigenvalue weighted by molar-refractivity contribution is 6.10. The molecule has 1 N–H and O–H groups in total. The molecule has 4 amide bonds. The van der Waals surface area contributed by atoms with Crippen molar-refractivity contribution in [3.63, 3.8) is 0 Å². The fourth-order valence-corrected chi connectivity index (χ4v) is 5.21. The number of nitrogens with zero attached hydrogens (tertiary/aromatic N) is 3. The zero-order valence-corrected chi connectivity index (χ0v) is 20.0. The van der Waals surface area contributed by atoms with Crippen LogP contribution in [0.25, 0.3) is 0 Å². The van der Waals surface area contributed by atoms with E-state index in [1.165, 1.54) is 24.2 Å². The molecule has 2 atom stereocenters. The molecule has 0 aliphatic carbocycles. The summed E-state index contributed by atoms with van der Waals surface area (Å²) < 4.78 is 14.0. The highest BCUT2D eigenvalue weighted by atomic mass is 19.1. The average molecular weight is 481 g/mol. The Kier molecular flexibility index (Phi) is 6.69. The summed E-state index contributed by atoms with van der Waals surface area (Å²) in [5.74, 6) is -3.02. The number of nitrogens with one attached hydrogen (secondary N) is 1. The third-order valence-electron chi connectivity index (χ3n) is 7.20. The van der Waals surface area contributed by atoms with Crippen molar-refractivity contribution in [1.82, 2.24) is 20.1 Å². The number of hydrogen-bond acceptors (Lipinski definition) is 5. The largest absolute Gasteiger partial charge is 0.341 e. The molecule has 4 rings (SSSR count). The van der Waals surface area contributed by atoms with Crippen LogP contribution in [-0.4, -0.2) is 64.6 Å². The van der Waals surface area contributed by atoms with Gasteiger partial charge in [-0.2, -0.15) is 0 Å². The Morgan fingerprint density at radius 1 is 1.11 bits per heavy atom. The van der Waals surface area contributed by atoms with E-state index in [4.69, 9.17) is 0 Å². The van der Waals surface area contributed by atoms with E-state index >= 15 is 0 Å². The highest BCUT2D eigenvalue weighted by Crippen LogP contribution is 2.51. The molecular weight excluding hydrogens is 451 g/mol. The number of rotatable bonds is 5. The number of pyridine rings is 1. The van der Waals surface area contributed by atoms with Crippen molar-refractivity contribution in [3.8, 4) is 0 Å². The molecule has 1 aromatic heterocycles. The standard InChI is InChI=1S/C26H29FN4O4/c1-16(2)21(29-22(32)18-9-12-28-15-19(18)27)24(34)31-13-10-26(11-14-31)20(17-7-5-4-6-8-17)23(33)30(3)25(26)35/h4-9,12,15-16,20-21H,10-11,13-14H2,1-3H3,(H,29,32)/t20?,21-/m1/s1. The van der Waals surface area contributed by atoms with Gasteiger partial charge in [-0.25, -0.2) is 4.39 Å². The van der Waals surface area contributed by atoms with Gasteiger partial charge in [-0.1, -0.05) is 44.2 Å². The molecule has 35 heavy (non-hydrogen) atoms. The lowest BCUT2D eigenvalue weighted by atomic mass is 9.67. The summed E-state index contributed by atoms with van der Waals surface area (Å²) in [5, 5.41) is 2.66. The van der Waals surface area contributed by atoms with Crippen LogP contribution in [-0.2, 0) is 14.4 Å². The van der Waals surface area contributed by atoms with Crippen molar-refractivity contribution in [3.05, 3.63) is 65.7 Å². The van der Waals surface area contributed by atoms with Gasteiger partial charge in [0, 0.05) is 26.3 Å². The van der Waals surface area contributed by atoms with Crippen LogP contribution in [0.4, 0.5) is 4.39 Å². The lowest BCUT2D eigenvalue weighted by Gasteiger charge is -2.41. The zero-order valence-electron chi connectivity index (χ0n) is 20.0. The van der Waals surface area contributed by atoms with E-state index < -0.39 is 29.1 Å². The molecule has 0 bridgehead atoms. The van der Waals surface area contributed by atoms with Crippen molar-refractivity contribution in [2.75, 3.05) is 20.1 Å². The Morgan fingerprint density at radius 3 is 2.37 bits per heavy atom. The molecule has 0 saturated carbocycles. The van der Waals surface area contributed by atoms with Crippen molar-refractivity contribution in [2.45, 2.75) is 38.6 Å². The van der Waals surface area contributed by atoms with Crippen molar-refractivity contribution in [2.24, 2.45) is 11.3 Å². The molecule has 0 radical (unpaired) electrons. The normalized spacial score (nSPS) is 20.4. The summed E-state index contributed by atoms with van der Waals surface area (Å²) in [4.78, 5) is 58.8. The zero-order chi connectivity index (χ0) is 25.3. The van der Waals surface area contributed by atoms with Crippen LogP contribution in [0.1, 0.15) is 48.5 Å². The maximum Gasteiger partial charge on any atom is 0.255 e. The van der Waals surface area contributed by atoms with Gasteiger partial charge in [0.15, 0.2) is 5.82 Å². The quantitative estimate of drug-likeness (QED) is 0.663. The average Bonchev–Trinajstić information content (AvgIpc) is 3.03. The number of aromatic nitrogens is 1. The van der Waals surface area contributed by atoms with Crippen molar-refractivity contribution >= 4 is 23.6 Å². The third-order valence-corrected chi connectivity index (χ3v) is 7.20. The van der Waals surface area contributed by atoms with Crippen LogP contribution in [0, 0.1) is 17.2 Å². The number of likely N-dealkylation sites (tertiary alicyclic amines) is 2. The molecule has 2 aromatic rings. The second-order valence-corrected chi connectivity index (χ2v) is 9.58. The number of imide groups is 1. The van der Waals surface area contributed by atoms with Gasteiger partial charge in [-0.15, -0.1) is 0 Å². The minimum absolute atomic E-state index is 0.181. The number of carbonyl (C=O) groups is 4. The molecule has 2 saturated heterocycles. The predicted molar refractivity (Wildman–Crippen MR) is 125 cm³/mol. The van der Waals surface area contributed by atoms with E-state index in [0.29, 0.717) is 12.8 Å². The fourth-order valence-electron chi connectivity index (χ4n) is 5.21. The first-order valence-electron chi connectivity index (χ1n) is 11.7. The van der Waals surface area contributed by atoms with Crippen molar-refractivity contribution in [1.29, 1.82) is 0 Å². The number of amides is 4.